The van der Waals surface area contributed by atoms with Gasteiger partial charge in [-0.15, -0.1) is 0 Å². The number of amides is 1. The van der Waals surface area contributed by atoms with E-state index < -0.39 is 11.9 Å². The molecule has 0 unspecified atom stereocenters. The Hall–Kier alpha value is -3.31. The molecule has 3 aromatic rings. The number of fused-ring (bicyclic) bond motifs is 3. The highest BCUT2D eigenvalue weighted by Crippen LogP contribution is 2.44. The average Bonchev–Trinajstić information content (AvgIpc) is 3.11. The number of hydrogen-bond donors (Lipinski definition) is 1. The Labute approximate surface area is 185 Å². The van der Waals surface area contributed by atoms with E-state index in [-0.39, 0.29) is 35.4 Å². The lowest BCUT2D eigenvalue weighted by atomic mass is 9.98. The molecule has 4 rings (SSSR count). The van der Waals surface area contributed by atoms with Crippen LogP contribution in [-0.4, -0.2) is 26.4 Å². The number of alkyl carbamates (subject to hydrolysis) is 1. The van der Waals surface area contributed by atoms with E-state index in [9.17, 15) is 9.18 Å². The summed E-state index contributed by atoms with van der Waals surface area (Å²) in [6.45, 7) is 0.406. The molecule has 0 saturated heterocycles. The van der Waals surface area contributed by atoms with Gasteiger partial charge in [-0.1, -0.05) is 72.3 Å². The Morgan fingerprint density at radius 2 is 1.71 bits per heavy atom. The first kappa shape index (κ1) is 20.9. The summed E-state index contributed by atoms with van der Waals surface area (Å²) in [6, 6.07) is 19.3. The van der Waals surface area contributed by atoms with Crippen LogP contribution in [0.5, 0.6) is 5.75 Å². The van der Waals surface area contributed by atoms with Gasteiger partial charge in [0.1, 0.15) is 6.61 Å². The predicted molar refractivity (Wildman–Crippen MR) is 120 cm³/mol. The Morgan fingerprint density at radius 1 is 1.06 bits per heavy atom. The second-order valence-corrected chi connectivity index (χ2v) is 7.49. The Bertz CT molecular complexity index is 1100. The van der Waals surface area contributed by atoms with Crippen LogP contribution >= 0.6 is 11.6 Å². The molecule has 0 radical (unpaired) electrons. The molecule has 0 atom stereocenters. The van der Waals surface area contributed by atoms with E-state index in [1.165, 1.54) is 30.4 Å². The molecule has 6 heteroatoms. The van der Waals surface area contributed by atoms with E-state index in [0.29, 0.717) is 0 Å². The van der Waals surface area contributed by atoms with Crippen molar-refractivity contribution < 1.29 is 18.7 Å². The van der Waals surface area contributed by atoms with Gasteiger partial charge < -0.3 is 14.8 Å². The van der Waals surface area contributed by atoms with Crippen molar-refractivity contribution in [1.82, 2.24) is 5.32 Å². The minimum atomic E-state index is -0.549. The first-order valence-electron chi connectivity index (χ1n) is 9.87. The van der Waals surface area contributed by atoms with Crippen molar-refractivity contribution in [2.45, 2.75) is 5.92 Å². The van der Waals surface area contributed by atoms with Gasteiger partial charge in [0, 0.05) is 18.0 Å². The molecule has 0 aliphatic heterocycles. The minimum absolute atomic E-state index is 0.00150. The third-order valence-electron chi connectivity index (χ3n) is 5.30. The number of carbonyl (C=O) groups is 1. The summed E-state index contributed by atoms with van der Waals surface area (Å²) >= 11 is 6.05. The molecule has 0 spiro atoms. The molecule has 0 fully saturated rings. The maximum absolute atomic E-state index is 14.3. The first-order chi connectivity index (χ1) is 15.1. The fourth-order valence-corrected chi connectivity index (χ4v) is 4.04. The Kier molecular flexibility index (Phi) is 6.23. The van der Waals surface area contributed by atoms with Crippen LogP contribution < -0.4 is 10.1 Å². The van der Waals surface area contributed by atoms with Crippen LogP contribution in [0.25, 0.3) is 17.2 Å². The summed E-state index contributed by atoms with van der Waals surface area (Å²) in [4.78, 5) is 12.2. The van der Waals surface area contributed by atoms with Gasteiger partial charge in [-0.25, -0.2) is 9.18 Å². The summed E-state index contributed by atoms with van der Waals surface area (Å²) in [5.74, 6) is -0.445. The molecule has 158 valence electrons. The van der Waals surface area contributed by atoms with E-state index >= 15 is 0 Å². The largest absolute Gasteiger partial charge is 0.494 e. The second-order valence-electron chi connectivity index (χ2n) is 7.09. The molecular weight excluding hydrogens is 417 g/mol. The van der Waals surface area contributed by atoms with Gasteiger partial charge in [-0.05, 0) is 34.4 Å². The highest BCUT2D eigenvalue weighted by atomic mass is 35.5. The van der Waals surface area contributed by atoms with Crippen LogP contribution in [0.1, 0.15) is 22.6 Å². The highest BCUT2D eigenvalue weighted by molar-refractivity contribution is 6.32. The number of ether oxygens (including phenoxy) is 2. The maximum Gasteiger partial charge on any atom is 0.407 e. The zero-order valence-corrected chi connectivity index (χ0v) is 17.7. The lowest BCUT2D eigenvalue weighted by Crippen LogP contribution is -2.26. The lowest BCUT2D eigenvalue weighted by Gasteiger charge is -2.14. The maximum atomic E-state index is 14.3. The van der Waals surface area contributed by atoms with Crippen LogP contribution in [0.3, 0.4) is 0 Å². The molecule has 31 heavy (non-hydrogen) atoms. The molecule has 1 amide bonds. The lowest BCUT2D eigenvalue weighted by molar-refractivity contribution is 0.144. The summed E-state index contributed by atoms with van der Waals surface area (Å²) in [7, 11) is 1.39. The smallest absolute Gasteiger partial charge is 0.407 e. The molecule has 0 saturated carbocycles. The van der Waals surface area contributed by atoms with Crippen molar-refractivity contribution in [3.63, 3.8) is 0 Å². The third kappa shape index (κ3) is 4.28. The van der Waals surface area contributed by atoms with Crippen LogP contribution in [0.4, 0.5) is 9.18 Å². The van der Waals surface area contributed by atoms with Gasteiger partial charge in [0.25, 0.3) is 0 Å². The van der Waals surface area contributed by atoms with Crippen molar-refractivity contribution in [3.8, 4) is 16.9 Å². The molecule has 1 N–H and O–H groups in total. The summed E-state index contributed by atoms with van der Waals surface area (Å²) in [6.07, 6.45) is 2.57. The average molecular weight is 438 g/mol. The van der Waals surface area contributed by atoms with Crippen molar-refractivity contribution in [1.29, 1.82) is 0 Å². The normalized spacial score (nSPS) is 12.5. The standard InChI is InChI=1S/C25H21ClFNO3/c1-30-23-13-12-22(26)20(24(23)27)11-6-14-28-25(29)31-15-21-18-9-4-2-7-16(18)17-8-3-5-10-19(17)21/h2-13,21H,14-15H2,1H3,(H,28,29). The molecule has 1 aliphatic rings. The number of carbonyl (C=O) groups excluding carboxylic acids is 1. The van der Waals surface area contributed by atoms with Gasteiger partial charge in [0.15, 0.2) is 11.6 Å². The van der Waals surface area contributed by atoms with E-state index in [1.54, 1.807) is 12.1 Å². The number of rotatable bonds is 6. The summed E-state index contributed by atoms with van der Waals surface area (Å²) < 4.78 is 24.7. The van der Waals surface area contributed by atoms with Crippen molar-refractivity contribution >= 4 is 23.8 Å². The SMILES string of the molecule is COc1ccc(Cl)c(C=CCNC(=O)OCC2c3ccccc3-c3ccccc32)c1F. The van der Waals surface area contributed by atoms with Gasteiger partial charge in [-0.2, -0.15) is 0 Å². The zero-order chi connectivity index (χ0) is 21.8. The van der Waals surface area contributed by atoms with Gasteiger partial charge in [0.2, 0.25) is 0 Å². The van der Waals surface area contributed by atoms with E-state index in [2.05, 4.69) is 29.6 Å². The van der Waals surface area contributed by atoms with Crippen LogP contribution in [0, 0.1) is 5.82 Å². The van der Waals surface area contributed by atoms with Crippen molar-refractivity contribution in [3.05, 3.63) is 94.3 Å². The first-order valence-corrected chi connectivity index (χ1v) is 10.3. The molecule has 0 bridgehead atoms. The number of benzene rings is 3. The molecule has 1 aliphatic carbocycles. The van der Waals surface area contributed by atoms with E-state index in [4.69, 9.17) is 21.1 Å². The zero-order valence-electron chi connectivity index (χ0n) is 16.9. The molecule has 0 aromatic heterocycles. The van der Waals surface area contributed by atoms with Crippen molar-refractivity contribution in [2.24, 2.45) is 0 Å². The van der Waals surface area contributed by atoms with E-state index in [0.717, 1.165) is 11.1 Å². The topological polar surface area (TPSA) is 47.6 Å². The van der Waals surface area contributed by atoms with Crippen molar-refractivity contribution in [2.75, 3.05) is 20.3 Å². The number of halogens is 2. The van der Waals surface area contributed by atoms with Gasteiger partial charge in [0.05, 0.1) is 12.1 Å². The Morgan fingerprint density at radius 3 is 2.35 bits per heavy atom. The highest BCUT2D eigenvalue weighted by Gasteiger charge is 2.28. The second kappa shape index (κ2) is 9.23. The third-order valence-corrected chi connectivity index (χ3v) is 5.63. The van der Waals surface area contributed by atoms with Crippen LogP contribution in [0.15, 0.2) is 66.7 Å². The van der Waals surface area contributed by atoms with Gasteiger partial charge in [-0.3, -0.25) is 0 Å². The number of nitrogens with one attached hydrogen (secondary N) is 1. The fraction of sp³-hybridized carbons (Fsp3) is 0.160. The molecule has 3 aromatic carbocycles. The monoisotopic (exact) mass is 437 g/mol. The predicted octanol–water partition coefficient (Wildman–Crippen LogP) is 6.04. The molecule has 4 nitrogen and oxygen atoms in total. The molecular formula is C25H21ClFNO3. The van der Waals surface area contributed by atoms with Crippen LogP contribution in [0.2, 0.25) is 5.02 Å². The fourth-order valence-electron chi connectivity index (χ4n) is 3.83. The summed E-state index contributed by atoms with van der Waals surface area (Å²) in [5.41, 5.74) is 4.86. The number of hydrogen-bond acceptors (Lipinski definition) is 3. The minimum Gasteiger partial charge on any atom is -0.494 e. The van der Waals surface area contributed by atoms with Gasteiger partial charge >= 0.3 is 6.09 Å². The Balaban J connectivity index is 1.35. The number of methoxy groups -OCH3 is 1. The quantitative estimate of drug-likeness (QED) is 0.511. The molecule has 0 heterocycles. The van der Waals surface area contributed by atoms with E-state index in [1.807, 2.05) is 24.3 Å². The van der Waals surface area contributed by atoms with Crippen LogP contribution in [-0.2, 0) is 4.74 Å². The summed E-state index contributed by atoms with van der Waals surface area (Å²) in [5, 5.41) is 2.91.